The van der Waals surface area contributed by atoms with E-state index < -0.39 is 0 Å². The van der Waals surface area contributed by atoms with Gasteiger partial charge in [0.15, 0.2) is 0 Å². The highest BCUT2D eigenvalue weighted by molar-refractivity contribution is 7.99. The van der Waals surface area contributed by atoms with E-state index >= 15 is 0 Å². The van der Waals surface area contributed by atoms with Gasteiger partial charge in [-0.2, -0.15) is 11.8 Å². The molecule has 0 aliphatic carbocycles. The molecule has 4 unspecified atom stereocenters. The summed E-state index contributed by atoms with van der Waals surface area (Å²) in [7, 11) is 0. The molecular weight excluding hydrogens is 192 g/mol. The third kappa shape index (κ3) is 2.10. The van der Waals surface area contributed by atoms with Crippen molar-refractivity contribution >= 4 is 11.8 Å². The van der Waals surface area contributed by atoms with Crippen LogP contribution in [0.15, 0.2) is 0 Å². The predicted octanol–water partition coefficient (Wildman–Crippen LogP) is 1.55. The quantitative estimate of drug-likeness (QED) is 0.718. The maximum atomic E-state index is 6.07. The summed E-state index contributed by atoms with van der Waals surface area (Å²) in [6.07, 6.45) is 2.77. The maximum Gasteiger partial charge on any atom is 0.0213 e. The minimum Gasteiger partial charge on any atom is -0.326 e. The molecule has 2 fully saturated rings. The molecule has 2 nitrogen and oxygen atoms in total. The van der Waals surface area contributed by atoms with Crippen molar-refractivity contribution in [1.29, 1.82) is 0 Å². The van der Waals surface area contributed by atoms with Crippen LogP contribution in [0.1, 0.15) is 26.7 Å². The number of hydrogen-bond donors (Lipinski definition) is 1. The Labute approximate surface area is 91.6 Å². The molecule has 0 aromatic carbocycles. The second-order valence-electron chi connectivity index (χ2n) is 4.88. The van der Waals surface area contributed by atoms with Crippen LogP contribution in [0.3, 0.4) is 0 Å². The summed E-state index contributed by atoms with van der Waals surface area (Å²) in [4.78, 5) is 2.63. The van der Waals surface area contributed by atoms with Crippen LogP contribution in [0, 0.1) is 5.92 Å². The van der Waals surface area contributed by atoms with E-state index in [1.807, 2.05) is 0 Å². The zero-order valence-corrected chi connectivity index (χ0v) is 10.1. The van der Waals surface area contributed by atoms with E-state index in [0.29, 0.717) is 12.0 Å². The Balaban J connectivity index is 1.94. The maximum absolute atomic E-state index is 6.07. The Morgan fingerprint density at radius 1 is 1.29 bits per heavy atom. The first-order valence-corrected chi connectivity index (χ1v) is 6.84. The lowest BCUT2D eigenvalue weighted by molar-refractivity contribution is 0.217. The first kappa shape index (κ1) is 10.8. The van der Waals surface area contributed by atoms with Crippen LogP contribution < -0.4 is 5.73 Å². The minimum atomic E-state index is 0.411. The van der Waals surface area contributed by atoms with Gasteiger partial charge >= 0.3 is 0 Å². The number of rotatable bonds is 1. The Morgan fingerprint density at radius 3 is 2.64 bits per heavy atom. The Morgan fingerprint density at radius 2 is 2.07 bits per heavy atom. The topological polar surface area (TPSA) is 29.3 Å². The lowest BCUT2D eigenvalue weighted by Gasteiger charge is -2.35. The third-order valence-corrected chi connectivity index (χ3v) is 5.10. The van der Waals surface area contributed by atoms with Crippen molar-refractivity contribution in [1.82, 2.24) is 4.90 Å². The van der Waals surface area contributed by atoms with Crippen LogP contribution in [0.4, 0.5) is 0 Å². The van der Waals surface area contributed by atoms with Crippen molar-refractivity contribution in [2.24, 2.45) is 11.7 Å². The summed E-state index contributed by atoms with van der Waals surface area (Å²) in [5, 5.41) is 0.807. The molecule has 2 N–H and O–H groups in total. The van der Waals surface area contributed by atoms with Crippen molar-refractivity contribution in [2.75, 3.05) is 18.8 Å². The molecule has 82 valence electrons. The lowest BCUT2D eigenvalue weighted by atomic mass is 10.1. The van der Waals surface area contributed by atoms with E-state index in [-0.39, 0.29) is 0 Å². The Bertz CT molecular complexity index is 188. The van der Waals surface area contributed by atoms with E-state index in [0.717, 1.165) is 17.8 Å². The largest absolute Gasteiger partial charge is 0.326 e. The Kier molecular flexibility index (Phi) is 3.40. The fourth-order valence-electron chi connectivity index (χ4n) is 2.69. The number of likely N-dealkylation sites (tertiary alicyclic amines) is 1. The van der Waals surface area contributed by atoms with Crippen molar-refractivity contribution < 1.29 is 0 Å². The van der Waals surface area contributed by atoms with Crippen LogP contribution >= 0.6 is 11.8 Å². The molecule has 0 aromatic rings. The van der Waals surface area contributed by atoms with E-state index in [4.69, 9.17) is 5.73 Å². The zero-order chi connectivity index (χ0) is 10.1. The highest BCUT2D eigenvalue weighted by atomic mass is 32.2. The molecule has 0 radical (unpaired) electrons. The molecule has 2 rings (SSSR count). The average Bonchev–Trinajstić information content (AvgIpc) is 2.48. The Hall–Kier alpha value is 0.270. The SMILES string of the molecule is CC1CN(C2CCCSC2C)CC1N. The van der Waals surface area contributed by atoms with Crippen LogP contribution in [0.5, 0.6) is 0 Å². The van der Waals surface area contributed by atoms with Gasteiger partial charge in [-0.1, -0.05) is 13.8 Å². The highest BCUT2D eigenvalue weighted by Crippen LogP contribution is 2.31. The summed E-state index contributed by atoms with van der Waals surface area (Å²) in [6, 6.07) is 1.21. The van der Waals surface area contributed by atoms with Gasteiger partial charge in [-0.05, 0) is 24.5 Å². The van der Waals surface area contributed by atoms with Crippen LogP contribution in [0.2, 0.25) is 0 Å². The minimum absolute atomic E-state index is 0.411. The first-order chi connectivity index (χ1) is 6.68. The summed E-state index contributed by atoms with van der Waals surface area (Å²) in [5.41, 5.74) is 6.07. The zero-order valence-electron chi connectivity index (χ0n) is 9.28. The molecule has 2 heterocycles. The monoisotopic (exact) mass is 214 g/mol. The number of nitrogens with zero attached hydrogens (tertiary/aromatic N) is 1. The number of hydrogen-bond acceptors (Lipinski definition) is 3. The second kappa shape index (κ2) is 4.42. The van der Waals surface area contributed by atoms with Crippen LogP contribution in [0.25, 0.3) is 0 Å². The van der Waals surface area contributed by atoms with Crippen molar-refractivity contribution in [3.63, 3.8) is 0 Å². The van der Waals surface area contributed by atoms with Gasteiger partial charge in [0.25, 0.3) is 0 Å². The average molecular weight is 214 g/mol. The van der Waals surface area contributed by atoms with Crippen LogP contribution in [-0.2, 0) is 0 Å². The van der Waals surface area contributed by atoms with Gasteiger partial charge in [0.2, 0.25) is 0 Å². The van der Waals surface area contributed by atoms with Gasteiger partial charge in [0.05, 0.1) is 0 Å². The predicted molar refractivity (Wildman–Crippen MR) is 63.7 cm³/mol. The summed E-state index contributed by atoms with van der Waals surface area (Å²) >= 11 is 2.13. The second-order valence-corrected chi connectivity index (χ2v) is 6.37. The molecule has 0 spiro atoms. The molecule has 0 saturated carbocycles. The van der Waals surface area contributed by atoms with Crippen molar-refractivity contribution in [3.05, 3.63) is 0 Å². The number of thioether (sulfide) groups is 1. The van der Waals surface area contributed by atoms with Gasteiger partial charge < -0.3 is 5.73 Å². The molecule has 3 heteroatoms. The van der Waals surface area contributed by atoms with Gasteiger partial charge in [-0.25, -0.2) is 0 Å². The molecule has 0 aromatic heterocycles. The van der Waals surface area contributed by atoms with E-state index in [1.54, 1.807) is 0 Å². The molecule has 2 aliphatic rings. The standard InChI is InChI=1S/C11H22N2S/c1-8-6-13(7-10(8)12)11-4-3-5-14-9(11)2/h8-11H,3-7,12H2,1-2H3. The van der Waals surface area contributed by atoms with Gasteiger partial charge in [-0.15, -0.1) is 0 Å². The van der Waals surface area contributed by atoms with E-state index in [9.17, 15) is 0 Å². The summed E-state index contributed by atoms with van der Waals surface area (Å²) < 4.78 is 0. The first-order valence-electron chi connectivity index (χ1n) is 5.79. The molecule has 2 aliphatic heterocycles. The highest BCUT2D eigenvalue weighted by Gasteiger charge is 2.34. The molecule has 4 atom stereocenters. The van der Waals surface area contributed by atoms with Crippen molar-refractivity contribution in [3.8, 4) is 0 Å². The smallest absolute Gasteiger partial charge is 0.0213 e. The summed E-state index contributed by atoms with van der Waals surface area (Å²) in [5.74, 6) is 2.04. The number of nitrogens with two attached hydrogens (primary N) is 1. The van der Waals surface area contributed by atoms with Gasteiger partial charge in [-0.3, -0.25) is 4.90 Å². The van der Waals surface area contributed by atoms with E-state index in [1.165, 1.54) is 25.1 Å². The van der Waals surface area contributed by atoms with Crippen LogP contribution in [-0.4, -0.2) is 41.1 Å². The molecule has 0 amide bonds. The summed E-state index contributed by atoms with van der Waals surface area (Å²) in [6.45, 7) is 7.00. The normalized spacial score (nSPS) is 45.6. The van der Waals surface area contributed by atoms with Crippen molar-refractivity contribution in [2.45, 2.75) is 44.0 Å². The fraction of sp³-hybridized carbons (Fsp3) is 1.00. The van der Waals surface area contributed by atoms with E-state index in [2.05, 4.69) is 30.5 Å². The molecule has 0 bridgehead atoms. The van der Waals surface area contributed by atoms with Gasteiger partial charge in [0.1, 0.15) is 0 Å². The van der Waals surface area contributed by atoms with Gasteiger partial charge in [0, 0.05) is 30.4 Å². The molecule has 14 heavy (non-hydrogen) atoms. The molecule has 2 saturated heterocycles. The third-order valence-electron chi connectivity index (χ3n) is 3.73. The molecular formula is C11H22N2S. The lowest BCUT2D eigenvalue weighted by Crippen LogP contribution is -2.42. The fourth-order valence-corrected chi connectivity index (χ4v) is 3.92.